The topological polar surface area (TPSA) is 61.5 Å². The molecule has 0 bridgehead atoms. The van der Waals surface area contributed by atoms with E-state index >= 15 is 0 Å². The van der Waals surface area contributed by atoms with Crippen LogP contribution in [-0.4, -0.2) is 19.2 Å². The molecule has 0 atom stereocenters. The molecule has 0 heterocycles. The van der Waals surface area contributed by atoms with Gasteiger partial charge in [-0.25, -0.2) is 4.79 Å². The maximum absolute atomic E-state index is 9.72. The van der Waals surface area contributed by atoms with Gasteiger partial charge >= 0.3 is 5.97 Å². The van der Waals surface area contributed by atoms with E-state index in [1.54, 1.807) is 0 Å². The van der Waals surface area contributed by atoms with Gasteiger partial charge in [-0.15, -0.1) is 0 Å². The maximum Gasteiger partial charge on any atom is 0.348 e. The summed E-state index contributed by atoms with van der Waals surface area (Å²) in [6, 6.07) is 0. The largest absolute Gasteiger partial charge is 0.382 e. The maximum atomic E-state index is 9.72. The van der Waals surface area contributed by atoms with Gasteiger partial charge in [0, 0.05) is 19.3 Å². The molecule has 0 fully saturated rings. The number of rotatable bonds is 3. The van der Waals surface area contributed by atoms with Crippen LogP contribution in [0.4, 0.5) is 0 Å². The normalized spacial score (nSPS) is 7.55. The van der Waals surface area contributed by atoms with Crippen molar-refractivity contribution in [3.63, 3.8) is 0 Å². The predicted octanol–water partition coefficient (Wildman–Crippen LogP) is 0.632. The third-order valence-corrected chi connectivity index (χ3v) is 0.691. The van der Waals surface area contributed by atoms with Crippen molar-refractivity contribution in [2.75, 3.05) is 13.2 Å². The SMILES string of the molecule is C=CC(=O)ON.CCOCC. The van der Waals surface area contributed by atoms with Gasteiger partial charge in [0.1, 0.15) is 0 Å². The van der Waals surface area contributed by atoms with Gasteiger partial charge in [-0.3, -0.25) is 0 Å². The van der Waals surface area contributed by atoms with Crippen molar-refractivity contribution in [1.29, 1.82) is 0 Å². The second-order valence-electron chi connectivity index (χ2n) is 1.42. The first kappa shape index (κ1) is 12.8. The van der Waals surface area contributed by atoms with Crippen molar-refractivity contribution < 1.29 is 14.4 Å². The summed E-state index contributed by atoms with van der Waals surface area (Å²) in [6.45, 7) is 8.74. The molecule has 0 aliphatic carbocycles. The molecule has 0 aromatic carbocycles. The Kier molecular flexibility index (Phi) is 13.8. The van der Waals surface area contributed by atoms with Gasteiger partial charge in [-0.05, 0) is 13.8 Å². The van der Waals surface area contributed by atoms with Crippen LogP contribution in [-0.2, 0) is 14.4 Å². The van der Waals surface area contributed by atoms with E-state index in [1.165, 1.54) is 0 Å². The molecule has 0 aromatic rings. The molecule has 0 aliphatic heterocycles. The van der Waals surface area contributed by atoms with E-state index in [2.05, 4.69) is 17.3 Å². The predicted molar refractivity (Wildman–Crippen MR) is 42.6 cm³/mol. The summed E-state index contributed by atoms with van der Waals surface area (Å²) >= 11 is 0. The Hall–Kier alpha value is -0.870. The fourth-order valence-corrected chi connectivity index (χ4v) is 0.252. The van der Waals surface area contributed by atoms with E-state index in [1.807, 2.05) is 13.8 Å². The van der Waals surface area contributed by atoms with Crippen LogP contribution in [0.1, 0.15) is 13.8 Å². The lowest BCUT2D eigenvalue weighted by Gasteiger charge is -1.86. The molecule has 0 rings (SSSR count). The Morgan fingerprint density at radius 3 is 2.00 bits per heavy atom. The van der Waals surface area contributed by atoms with Crippen molar-refractivity contribution >= 4 is 5.97 Å². The Balaban J connectivity index is 0. The molecule has 4 heteroatoms. The summed E-state index contributed by atoms with van der Waals surface area (Å²) < 4.78 is 4.83. The number of nitrogens with two attached hydrogens (primary N) is 1. The van der Waals surface area contributed by atoms with Crippen LogP contribution < -0.4 is 5.90 Å². The summed E-state index contributed by atoms with van der Waals surface area (Å²) in [5.41, 5.74) is 0. The number of hydrogen-bond donors (Lipinski definition) is 1. The first-order chi connectivity index (χ1) is 5.22. The van der Waals surface area contributed by atoms with Gasteiger partial charge in [0.25, 0.3) is 0 Å². The number of carbonyl (C=O) groups excluding carboxylic acids is 1. The molecule has 0 saturated heterocycles. The molecule has 66 valence electrons. The highest BCUT2D eigenvalue weighted by Gasteiger charge is 1.83. The van der Waals surface area contributed by atoms with Crippen molar-refractivity contribution in [2.24, 2.45) is 5.90 Å². The zero-order valence-electron chi connectivity index (χ0n) is 7.00. The molecule has 0 spiro atoms. The second kappa shape index (κ2) is 11.9. The molecule has 0 saturated carbocycles. The Bertz CT molecular complexity index is 102. The summed E-state index contributed by atoms with van der Waals surface area (Å²) in [5, 5.41) is 0. The molecule has 11 heavy (non-hydrogen) atoms. The van der Waals surface area contributed by atoms with Gasteiger partial charge in [0.2, 0.25) is 0 Å². The molecule has 4 nitrogen and oxygen atoms in total. The Morgan fingerprint density at radius 1 is 1.55 bits per heavy atom. The van der Waals surface area contributed by atoms with E-state index < -0.39 is 5.97 Å². The van der Waals surface area contributed by atoms with E-state index in [0.29, 0.717) is 0 Å². The lowest BCUT2D eigenvalue weighted by Crippen LogP contribution is -2.04. The zero-order valence-corrected chi connectivity index (χ0v) is 7.00. The van der Waals surface area contributed by atoms with Crippen molar-refractivity contribution in [3.8, 4) is 0 Å². The van der Waals surface area contributed by atoms with E-state index in [4.69, 9.17) is 4.74 Å². The fourth-order valence-electron chi connectivity index (χ4n) is 0.252. The second-order valence-corrected chi connectivity index (χ2v) is 1.42. The summed E-state index contributed by atoms with van der Waals surface area (Å²) in [5.74, 6) is 3.75. The van der Waals surface area contributed by atoms with E-state index in [0.717, 1.165) is 19.3 Å². The summed E-state index contributed by atoms with van der Waals surface area (Å²) in [6.07, 6.45) is 0.986. The number of hydrogen-bond acceptors (Lipinski definition) is 4. The van der Waals surface area contributed by atoms with Crippen LogP contribution in [0.5, 0.6) is 0 Å². The zero-order chi connectivity index (χ0) is 9.11. The minimum Gasteiger partial charge on any atom is -0.382 e. The lowest BCUT2D eigenvalue weighted by atomic mass is 10.7. The highest BCUT2D eigenvalue weighted by molar-refractivity contribution is 5.80. The van der Waals surface area contributed by atoms with Gasteiger partial charge in [0.15, 0.2) is 0 Å². The first-order valence-electron chi connectivity index (χ1n) is 3.33. The van der Waals surface area contributed by atoms with Crippen molar-refractivity contribution in [3.05, 3.63) is 12.7 Å². The minimum absolute atomic E-state index is 0.616. The van der Waals surface area contributed by atoms with Gasteiger partial charge in [-0.1, -0.05) is 6.58 Å². The van der Waals surface area contributed by atoms with Crippen molar-refractivity contribution in [2.45, 2.75) is 13.8 Å². The van der Waals surface area contributed by atoms with Crippen LogP contribution in [0, 0.1) is 0 Å². The molecule has 0 aliphatic rings. The molecular formula is C7H15NO3. The lowest BCUT2D eigenvalue weighted by molar-refractivity contribution is -0.138. The molecule has 2 N–H and O–H groups in total. The number of ether oxygens (including phenoxy) is 1. The van der Waals surface area contributed by atoms with Gasteiger partial charge < -0.3 is 9.57 Å². The molecular weight excluding hydrogens is 146 g/mol. The average molecular weight is 161 g/mol. The molecule has 0 aromatic heterocycles. The van der Waals surface area contributed by atoms with E-state index in [-0.39, 0.29) is 0 Å². The van der Waals surface area contributed by atoms with Crippen LogP contribution in [0.15, 0.2) is 12.7 Å². The van der Waals surface area contributed by atoms with Gasteiger partial charge in [-0.2, -0.15) is 5.90 Å². The van der Waals surface area contributed by atoms with Crippen LogP contribution in [0.2, 0.25) is 0 Å². The quantitative estimate of drug-likeness (QED) is 0.487. The third kappa shape index (κ3) is 17.6. The smallest absolute Gasteiger partial charge is 0.348 e. The Labute approximate surface area is 66.9 Å². The standard InChI is InChI=1S/C4H10O.C3H5NO2/c1-3-5-4-2;1-2-3(5)6-4/h3-4H2,1-2H3;2H,1,4H2. The Morgan fingerprint density at radius 2 is 2.00 bits per heavy atom. The van der Waals surface area contributed by atoms with Crippen LogP contribution in [0.25, 0.3) is 0 Å². The third-order valence-electron chi connectivity index (χ3n) is 0.691. The fraction of sp³-hybridized carbons (Fsp3) is 0.571. The molecule has 0 amide bonds. The van der Waals surface area contributed by atoms with Crippen LogP contribution >= 0.6 is 0 Å². The van der Waals surface area contributed by atoms with Gasteiger partial charge in [0.05, 0.1) is 0 Å². The highest BCUT2D eigenvalue weighted by Crippen LogP contribution is 1.64. The van der Waals surface area contributed by atoms with Crippen LogP contribution in [0.3, 0.4) is 0 Å². The van der Waals surface area contributed by atoms with Crippen molar-refractivity contribution in [1.82, 2.24) is 0 Å². The number of carbonyl (C=O) groups is 1. The minimum atomic E-state index is -0.616. The molecule has 0 unspecified atom stereocenters. The van der Waals surface area contributed by atoms with E-state index in [9.17, 15) is 4.79 Å². The highest BCUT2D eigenvalue weighted by atomic mass is 16.7. The average Bonchev–Trinajstić information content (AvgIpc) is 2.06. The first-order valence-corrected chi connectivity index (χ1v) is 3.33. The monoisotopic (exact) mass is 161 g/mol. The summed E-state index contributed by atoms with van der Waals surface area (Å²) in [7, 11) is 0. The molecule has 0 radical (unpaired) electrons. The summed E-state index contributed by atoms with van der Waals surface area (Å²) in [4.78, 5) is 13.4.